The summed E-state index contributed by atoms with van der Waals surface area (Å²) in [5, 5.41) is 15.8. The van der Waals surface area contributed by atoms with E-state index >= 15 is 0 Å². The summed E-state index contributed by atoms with van der Waals surface area (Å²) in [4.78, 5) is 11.1. The molecule has 10 heteroatoms. The third kappa shape index (κ3) is 4.66. The van der Waals surface area contributed by atoms with Crippen LogP contribution in [0.15, 0.2) is 53.6 Å². The van der Waals surface area contributed by atoms with E-state index in [9.17, 15) is 18.5 Å². The highest BCUT2D eigenvalue weighted by Crippen LogP contribution is 2.38. The summed E-state index contributed by atoms with van der Waals surface area (Å²) in [5.74, 6) is 0.0932. The molecule has 1 aromatic heterocycles. The monoisotopic (exact) mass is 431 g/mol. The van der Waals surface area contributed by atoms with Gasteiger partial charge in [-0.3, -0.25) is 19.0 Å². The molecule has 0 radical (unpaired) electrons. The predicted molar refractivity (Wildman–Crippen MR) is 110 cm³/mol. The highest BCUT2D eigenvalue weighted by atomic mass is 32.2. The van der Waals surface area contributed by atoms with Crippen molar-refractivity contribution in [3.63, 3.8) is 0 Å². The lowest BCUT2D eigenvalue weighted by Crippen LogP contribution is -2.09. The molecule has 0 unspecified atom stereocenters. The number of hydrogen-bond acceptors (Lipinski definition) is 7. The van der Waals surface area contributed by atoms with Crippen molar-refractivity contribution in [1.82, 2.24) is 9.78 Å². The second kappa shape index (κ2) is 8.64. The van der Waals surface area contributed by atoms with E-state index in [-0.39, 0.29) is 29.4 Å². The molecule has 0 N–H and O–H groups in total. The van der Waals surface area contributed by atoms with E-state index in [4.69, 9.17) is 8.92 Å². The molecule has 2 aromatic carbocycles. The molecule has 0 amide bonds. The Morgan fingerprint density at radius 3 is 2.43 bits per heavy atom. The first kappa shape index (κ1) is 21.5. The van der Waals surface area contributed by atoms with Crippen LogP contribution in [0.4, 0.5) is 5.69 Å². The Labute approximate surface area is 174 Å². The Kier molecular flexibility index (Phi) is 6.18. The molecule has 0 spiro atoms. The zero-order chi connectivity index (χ0) is 21.9. The van der Waals surface area contributed by atoms with E-state index in [0.29, 0.717) is 16.8 Å². The summed E-state index contributed by atoms with van der Waals surface area (Å²) < 4.78 is 36.6. The zero-order valence-electron chi connectivity index (χ0n) is 16.7. The van der Waals surface area contributed by atoms with Gasteiger partial charge in [0.15, 0.2) is 0 Å². The quantitative estimate of drug-likeness (QED) is 0.305. The van der Waals surface area contributed by atoms with Crippen molar-refractivity contribution >= 4 is 15.8 Å². The summed E-state index contributed by atoms with van der Waals surface area (Å²) >= 11 is 0. The lowest BCUT2D eigenvalue weighted by Gasteiger charge is -2.11. The third-order valence-corrected chi connectivity index (χ3v) is 5.78. The molecule has 3 rings (SSSR count). The molecule has 158 valence electrons. The van der Waals surface area contributed by atoms with Gasteiger partial charge in [0.1, 0.15) is 0 Å². The van der Waals surface area contributed by atoms with Crippen LogP contribution >= 0.6 is 0 Å². The van der Waals surface area contributed by atoms with Gasteiger partial charge in [-0.15, -0.1) is 0 Å². The number of rotatable bonds is 8. The fourth-order valence-corrected chi connectivity index (χ4v) is 3.87. The van der Waals surface area contributed by atoms with Crippen LogP contribution in [0.3, 0.4) is 0 Å². The first-order valence-corrected chi connectivity index (χ1v) is 10.4. The average Bonchev–Trinajstić information content (AvgIpc) is 3.13. The summed E-state index contributed by atoms with van der Waals surface area (Å²) in [6.45, 7) is 1.69. The summed E-state index contributed by atoms with van der Waals surface area (Å²) in [6.07, 6.45) is 1.86. The van der Waals surface area contributed by atoms with Crippen molar-refractivity contribution in [2.75, 3.05) is 13.7 Å². The van der Waals surface area contributed by atoms with E-state index in [1.54, 1.807) is 42.2 Å². The van der Waals surface area contributed by atoms with Crippen LogP contribution in [0.2, 0.25) is 0 Å². The van der Waals surface area contributed by atoms with Gasteiger partial charge in [0.2, 0.25) is 5.75 Å². The molecule has 0 aliphatic heterocycles. The van der Waals surface area contributed by atoms with Crippen LogP contribution < -0.4 is 4.74 Å². The summed E-state index contributed by atoms with van der Waals surface area (Å²) in [7, 11) is -0.833. The van der Waals surface area contributed by atoms with E-state index < -0.39 is 15.0 Å². The molecule has 0 aliphatic carbocycles. The Morgan fingerprint density at radius 1 is 1.17 bits per heavy atom. The number of aryl methyl sites for hydroxylation is 2. The molecule has 0 atom stereocenters. The predicted octanol–water partition coefficient (Wildman–Crippen LogP) is 3.26. The second-order valence-corrected chi connectivity index (χ2v) is 8.28. The number of aromatic nitrogens is 2. The Morgan fingerprint density at radius 2 is 1.87 bits per heavy atom. The van der Waals surface area contributed by atoms with Gasteiger partial charge < -0.3 is 4.74 Å². The van der Waals surface area contributed by atoms with Crippen LogP contribution in [0.5, 0.6) is 5.75 Å². The number of nitro groups is 1. The van der Waals surface area contributed by atoms with E-state index in [0.717, 1.165) is 5.56 Å². The van der Waals surface area contributed by atoms with Gasteiger partial charge in [-0.05, 0) is 43.2 Å². The first-order chi connectivity index (χ1) is 14.2. The molecule has 0 aliphatic rings. The normalized spacial score (nSPS) is 11.4. The topological polar surface area (TPSA) is 114 Å². The maximum absolute atomic E-state index is 12.3. The number of nitrogens with zero attached hydrogens (tertiary/aromatic N) is 3. The van der Waals surface area contributed by atoms with Crippen molar-refractivity contribution in [3.05, 3.63) is 69.9 Å². The molecule has 0 fully saturated rings. The van der Waals surface area contributed by atoms with Gasteiger partial charge in [0.25, 0.3) is 10.1 Å². The molecular weight excluding hydrogens is 410 g/mol. The molecule has 3 aromatic rings. The van der Waals surface area contributed by atoms with Crippen molar-refractivity contribution in [2.45, 2.75) is 18.2 Å². The summed E-state index contributed by atoms with van der Waals surface area (Å²) in [5.41, 5.74) is 2.19. The van der Waals surface area contributed by atoms with Gasteiger partial charge in [0.05, 0.1) is 34.8 Å². The smallest absolute Gasteiger partial charge is 0.311 e. The molecule has 0 saturated heterocycles. The molecular formula is C20H21N3O6S. The van der Waals surface area contributed by atoms with Gasteiger partial charge in [-0.1, -0.05) is 17.7 Å². The minimum Gasteiger partial charge on any atom is -0.490 e. The molecule has 0 saturated carbocycles. The fraction of sp³-hybridized carbons (Fsp3) is 0.250. The SMILES string of the molecule is COc1c(-c2ccn(C)n2)cc(CCOS(=O)(=O)c2ccc(C)cc2)cc1[N+](=O)[O-]. The minimum absolute atomic E-state index is 0.0583. The number of ether oxygens (including phenoxy) is 1. The van der Waals surface area contributed by atoms with Crippen molar-refractivity contribution in [2.24, 2.45) is 7.05 Å². The van der Waals surface area contributed by atoms with Gasteiger partial charge in [0, 0.05) is 19.3 Å². The van der Waals surface area contributed by atoms with Crippen molar-refractivity contribution < 1.29 is 22.3 Å². The maximum atomic E-state index is 12.3. The first-order valence-electron chi connectivity index (χ1n) is 9.02. The average molecular weight is 431 g/mol. The Hall–Kier alpha value is -3.24. The number of benzene rings is 2. The standard InChI is InChI=1S/C20H21N3O6S/c1-14-4-6-16(7-5-14)30(26,27)29-11-9-15-12-17(18-8-10-22(2)21-18)20(28-3)19(13-15)23(24)25/h4-8,10,12-13H,9,11H2,1-3H3. The Bertz CT molecular complexity index is 1170. The van der Waals surface area contributed by atoms with Crippen molar-refractivity contribution in [3.8, 4) is 17.0 Å². The number of nitro benzene ring substituents is 1. The number of methoxy groups -OCH3 is 1. The lowest BCUT2D eigenvalue weighted by molar-refractivity contribution is -0.385. The van der Waals surface area contributed by atoms with Crippen molar-refractivity contribution in [1.29, 1.82) is 0 Å². The van der Waals surface area contributed by atoms with Gasteiger partial charge in [-0.25, -0.2) is 0 Å². The second-order valence-electron chi connectivity index (χ2n) is 6.67. The van der Waals surface area contributed by atoms with E-state index in [1.807, 2.05) is 6.92 Å². The van der Waals surface area contributed by atoms with Crippen LogP contribution in [0, 0.1) is 17.0 Å². The maximum Gasteiger partial charge on any atom is 0.311 e. The van der Waals surface area contributed by atoms with E-state index in [1.165, 1.54) is 25.3 Å². The Balaban J connectivity index is 1.86. The summed E-state index contributed by atoms with van der Waals surface area (Å²) in [6, 6.07) is 11.1. The third-order valence-electron chi connectivity index (χ3n) is 4.46. The van der Waals surface area contributed by atoms with Gasteiger partial charge in [-0.2, -0.15) is 13.5 Å². The van der Waals surface area contributed by atoms with Crippen LogP contribution in [0.25, 0.3) is 11.3 Å². The molecule has 30 heavy (non-hydrogen) atoms. The van der Waals surface area contributed by atoms with E-state index in [2.05, 4.69) is 5.10 Å². The van der Waals surface area contributed by atoms with Crippen LogP contribution in [0.1, 0.15) is 11.1 Å². The van der Waals surface area contributed by atoms with Crippen LogP contribution in [-0.2, 0) is 27.8 Å². The highest BCUT2D eigenvalue weighted by Gasteiger charge is 2.23. The minimum atomic E-state index is -3.92. The van der Waals surface area contributed by atoms with Crippen LogP contribution in [-0.4, -0.2) is 36.8 Å². The highest BCUT2D eigenvalue weighted by molar-refractivity contribution is 7.86. The fourth-order valence-electron chi connectivity index (χ4n) is 2.96. The zero-order valence-corrected chi connectivity index (χ0v) is 17.5. The molecule has 1 heterocycles. The largest absolute Gasteiger partial charge is 0.490 e. The number of hydrogen-bond donors (Lipinski definition) is 0. The van der Waals surface area contributed by atoms with Gasteiger partial charge >= 0.3 is 5.69 Å². The lowest BCUT2D eigenvalue weighted by atomic mass is 10.0. The molecule has 0 bridgehead atoms. The molecule has 9 nitrogen and oxygen atoms in total.